The van der Waals surface area contributed by atoms with Crippen LogP contribution in [0, 0.1) is 17.8 Å². The molecule has 30 heavy (non-hydrogen) atoms. The molecule has 1 saturated carbocycles. The number of aromatic hydroxyl groups is 1. The van der Waals surface area contributed by atoms with E-state index in [1.54, 1.807) is 12.1 Å². The Bertz CT molecular complexity index is 1070. The van der Waals surface area contributed by atoms with Crippen molar-refractivity contribution >= 4 is 23.2 Å². The van der Waals surface area contributed by atoms with Crippen LogP contribution in [0.4, 0.5) is 0 Å². The van der Waals surface area contributed by atoms with Crippen LogP contribution in [0.2, 0.25) is 0 Å². The van der Waals surface area contributed by atoms with Crippen molar-refractivity contribution in [1.29, 1.82) is 0 Å². The zero-order valence-electron chi connectivity index (χ0n) is 16.5. The van der Waals surface area contributed by atoms with E-state index in [-0.39, 0.29) is 29.2 Å². The number of phenolic OH excluding ortho intramolecular Hbond substituents is 1. The van der Waals surface area contributed by atoms with Crippen molar-refractivity contribution in [2.24, 2.45) is 23.5 Å². The molecule has 8 heteroatoms. The molecule has 0 aromatic heterocycles. The fourth-order valence-electron chi connectivity index (χ4n) is 5.54. The van der Waals surface area contributed by atoms with Gasteiger partial charge in [-0.25, -0.2) is 0 Å². The van der Waals surface area contributed by atoms with Gasteiger partial charge in [0.25, 0.3) is 5.91 Å². The van der Waals surface area contributed by atoms with Crippen LogP contribution in [0.3, 0.4) is 0 Å². The number of nitrogens with two attached hydrogens (primary N) is 1. The number of aliphatic hydroxyl groups is 3. The van der Waals surface area contributed by atoms with E-state index in [2.05, 4.69) is 0 Å². The number of carbonyl (C=O) groups is 3. The van der Waals surface area contributed by atoms with Gasteiger partial charge >= 0.3 is 0 Å². The van der Waals surface area contributed by atoms with Gasteiger partial charge in [-0.05, 0) is 36.3 Å². The molecule has 0 aliphatic heterocycles. The molecule has 0 radical (unpaired) electrons. The van der Waals surface area contributed by atoms with Gasteiger partial charge in [-0.3, -0.25) is 14.4 Å². The van der Waals surface area contributed by atoms with Crippen molar-refractivity contribution in [3.8, 4) is 5.75 Å². The normalized spacial score (nSPS) is 33.2. The van der Waals surface area contributed by atoms with Crippen LogP contribution in [0.15, 0.2) is 35.1 Å². The summed E-state index contributed by atoms with van der Waals surface area (Å²) in [5.41, 5.74) is 2.55. The lowest BCUT2D eigenvalue weighted by Gasteiger charge is -2.50. The van der Waals surface area contributed by atoms with Crippen LogP contribution >= 0.6 is 0 Å². The highest BCUT2D eigenvalue weighted by molar-refractivity contribution is 6.23. The maximum absolute atomic E-state index is 13.5. The second-order valence-electron chi connectivity index (χ2n) is 8.30. The van der Waals surface area contributed by atoms with Crippen LogP contribution < -0.4 is 5.73 Å². The second kappa shape index (κ2) is 6.43. The van der Waals surface area contributed by atoms with Crippen molar-refractivity contribution in [2.45, 2.75) is 38.2 Å². The third-order valence-electron chi connectivity index (χ3n) is 7.01. The maximum Gasteiger partial charge on any atom is 0.255 e. The Hall–Kier alpha value is -3.13. The molecule has 5 atom stereocenters. The fraction of sp³-hybridized carbons (Fsp3) is 0.409. The van der Waals surface area contributed by atoms with Gasteiger partial charge in [0.2, 0.25) is 5.78 Å². The number of hydrogen-bond acceptors (Lipinski definition) is 7. The zero-order valence-corrected chi connectivity index (χ0v) is 16.5. The molecule has 1 aromatic rings. The van der Waals surface area contributed by atoms with Crippen LogP contribution in [-0.4, -0.2) is 43.5 Å². The summed E-state index contributed by atoms with van der Waals surface area (Å²) in [6, 6.07) is 4.80. The highest BCUT2D eigenvalue weighted by Gasteiger charge is 2.63. The highest BCUT2D eigenvalue weighted by Crippen LogP contribution is 2.57. The van der Waals surface area contributed by atoms with E-state index in [4.69, 9.17) is 5.73 Å². The molecule has 1 aromatic carbocycles. The van der Waals surface area contributed by atoms with Crippen molar-refractivity contribution < 1.29 is 34.8 Å². The van der Waals surface area contributed by atoms with E-state index in [0.29, 0.717) is 12.0 Å². The van der Waals surface area contributed by atoms with Gasteiger partial charge in [0, 0.05) is 17.4 Å². The molecule has 8 nitrogen and oxygen atoms in total. The molecule has 0 heterocycles. The average Bonchev–Trinajstić information content (AvgIpc) is 2.68. The Morgan fingerprint density at radius 1 is 1.23 bits per heavy atom. The number of carbonyl (C=O) groups excluding carboxylic acids is 3. The van der Waals surface area contributed by atoms with E-state index >= 15 is 0 Å². The number of rotatable bonds is 2. The summed E-state index contributed by atoms with van der Waals surface area (Å²) in [6.45, 7) is 3.39. The van der Waals surface area contributed by atoms with E-state index in [1.165, 1.54) is 13.0 Å². The molecule has 1 amide bonds. The average molecular weight is 413 g/mol. The van der Waals surface area contributed by atoms with Crippen LogP contribution in [0.25, 0.3) is 5.76 Å². The topological polar surface area (TPSA) is 158 Å². The summed E-state index contributed by atoms with van der Waals surface area (Å²) in [5, 5.41) is 43.2. The molecule has 3 aliphatic carbocycles. The quantitative estimate of drug-likeness (QED) is 0.461. The number of phenols is 1. The van der Waals surface area contributed by atoms with Gasteiger partial charge in [0.15, 0.2) is 11.4 Å². The number of amides is 1. The first-order valence-electron chi connectivity index (χ1n) is 9.87. The lowest BCUT2D eigenvalue weighted by Crippen LogP contribution is -2.61. The highest BCUT2D eigenvalue weighted by atomic mass is 16.3. The minimum absolute atomic E-state index is 0.115. The maximum atomic E-state index is 13.5. The molecule has 0 bridgehead atoms. The molecule has 0 spiro atoms. The smallest absolute Gasteiger partial charge is 0.255 e. The second-order valence-corrected chi connectivity index (χ2v) is 8.30. The van der Waals surface area contributed by atoms with E-state index in [9.17, 15) is 34.8 Å². The SMILES string of the molecule is CC[C@H]1c2cccc(O)c2C(O)=C2C(=O)[C@]3(O)C(O)=C(C(N)=O)C(=O)[C@@H](C)[C@@H]3C[C@@H]21. The largest absolute Gasteiger partial charge is 0.508 e. The lowest BCUT2D eigenvalue weighted by atomic mass is 9.54. The van der Waals surface area contributed by atoms with E-state index < -0.39 is 57.9 Å². The Morgan fingerprint density at radius 3 is 2.50 bits per heavy atom. The summed E-state index contributed by atoms with van der Waals surface area (Å²) >= 11 is 0. The van der Waals surface area contributed by atoms with Gasteiger partial charge in [-0.1, -0.05) is 26.0 Å². The number of hydrogen-bond donors (Lipinski definition) is 5. The van der Waals surface area contributed by atoms with Crippen molar-refractivity contribution in [3.63, 3.8) is 0 Å². The fourth-order valence-corrected chi connectivity index (χ4v) is 5.54. The molecule has 6 N–H and O–H groups in total. The van der Waals surface area contributed by atoms with Crippen LogP contribution in [0.5, 0.6) is 5.75 Å². The predicted molar refractivity (Wildman–Crippen MR) is 105 cm³/mol. The molecule has 4 rings (SSSR count). The minimum Gasteiger partial charge on any atom is -0.508 e. The number of primary amides is 1. The first-order chi connectivity index (χ1) is 14.1. The van der Waals surface area contributed by atoms with Gasteiger partial charge < -0.3 is 26.2 Å². The molecule has 0 saturated heterocycles. The third-order valence-corrected chi connectivity index (χ3v) is 7.01. The first kappa shape index (κ1) is 20.2. The number of aliphatic hydroxyl groups excluding tert-OH is 2. The molecular weight excluding hydrogens is 390 g/mol. The zero-order chi connectivity index (χ0) is 22.1. The molecular formula is C22H23NO7. The van der Waals surface area contributed by atoms with Gasteiger partial charge in [-0.15, -0.1) is 0 Å². The summed E-state index contributed by atoms with van der Waals surface area (Å²) in [5.74, 6) is -7.39. The Morgan fingerprint density at radius 2 is 1.90 bits per heavy atom. The molecule has 1 fully saturated rings. The molecule has 158 valence electrons. The van der Waals surface area contributed by atoms with Gasteiger partial charge in [-0.2, -0.15) is 0 Å². The summed E-state index contributed by atoms with van der Waals surface area (Å²) in [4.78, 5) is 38.0. The van der Waals surface area contributed by atoms with Crippen LogP contribution in [-0.2, 0) is 14.4 Å². The first-order valence-corrected chi connectivity index (χ1v) is 9.87. The Kier molecular flexibility index (Phi) is 4.32. The number of fused-ring (bicyclic) bond motifs is 3. The predicted octanol–water partition coefficient (Wildman–Crippen LogP) is 1.62. The van der Waals surface area contributed by atoms with Gasteiger partial charge in [0.1, 0.15) is 22.8 Å². The number of benzene rings is 1. The van der Waals surface area contributed by atoms with Gasteiger partial charge in [0.05, 0.1) is 5.56 Å². The monoisotopic (exact) mass is 413 g/mol. The lowest BCUT2D eigenvalue weighted by molar-refractivity contribution is -0.152. The van der Waals surface area contributed by atoms with Crippen molar-refractivity contribution in [3.05, 3.63) is 46.2 Å². The van der Waals surface area contributed by atoms with Crippen LogP contribution in [0.1, 0.15) is 43.7 Å². The van der Waals surface area contributed by atoms with E-state index in [0.717, 1.165) is 0 Å². The Balaban J connectivity index is 2.01. The van der Waals surface area contributed by atoms with E-state index in [1.807, 2.05) is 6.92 Å². The number of Topliss-reactive ketones (excluding diaryl/α,β-unsaturated/α-hetero) is 2. The van der Waals surface area contributed by atoms with Crippen molar-refractivity contribution in [1.82, 2.24) is 0 Å². The summed E-state index contributed by atoms with van der Waals surface area (Å²) in [7, 11) is 0. The summed E-state index contributed by atoms with van der Waals surface area (Å²) < 4.78 is 0. The molecule has 3 aliphatic rings. The van der Waals surface area contributed by atoms with Crippen molar-refractivity contribution in [2.75, 3.05) is 0 Å². The Labute approximate surface area is 172 Å². The summed E-state index contributed by atoms with van der Waals surface area (Å²) in [6.07, 6.45) is 0.700. The third kappa shape index (κ3) is 2.28. The molecule has 0 unspecified atom stereocenters. The standard InChI is InChI=1S/C22H23NO7/c1-3-9-10-5-4-6-13(24)14(10)18(26)15-11(9)7-12-8(2)17(25)16(21(23)29)20(28)22(12,30)19(15)27/h4-6,8-9,11-12,24,26,28,30H,3,7H2,1-2H3,(H2,23,29)/t8-,9-,11+,12-,22-/m0/s1. The number of ketones is 2. The minimum atomic E-state index is -2.56.